The number of aromatic nitrogens is 2. The number of likely N-dealkylation sites (tertiary alicyclic amines) is 1. The van der Waals surface area contributed by atoms with Gasteiger partial charge in [0, 0.05) is 32.7 Å². The van der Waals surface area contributed by atoms with Gasteiger partial charge in [-0.3, -0.25) is 9.59 Å². The second kappa shape index (κ2) is 5.84. The van der Waals surface area contributed by atoms with Gasteiger partial charge in [-0.15, -0.1) is 0 Å². The molecule has 0 aromatic carbocycles. The maximum Gasteiger partial charge on any atom is 0.275 e. The molecule has 0 saturated carbocycles. The summed E-state index contributed by atoms with van der Waals surface area (Å²) in [5.74, 6) is -0.106. The Morgan fingerprint density at radius 3 is 2.80 bits per heavy atom. The van der Waals surface area contributed by atoms with E-state index < -0.39 is 0 Å². The predicted octanol–water partition coefficient (Wildman–Crippen LogP) is -0.425. The molecular weight excluding hydrogens is 278 g/mol. The number of piperazine rings is 1. The van der Waals surface area contributed by atoms with Crippen molar-refractivity contribution in [2.24, 2.45) is 0 Å². The van der Waals surface area contributed by atoms with Gasteiger partial charge in [0.2, 0.25) is 5.91 Å². The highest BCUT2D eigenvalue weighted by Gasteiger charge is 2.37. The maximum absolute atomic E-state index is 12.6. The van der Waals surface area contributed by atoms with Gasteiger partial charge >= 0.3 is 0 Å². The minimum absolute atomic E-state index is 0.0699. The van der Waals surface area contributed by atoms with Crippen LogP contribution in [-0.2, 0) is 4.79 Å². The van der Waals surface area contributed by atoms with E-state index >= 15 is 0 Å². The minimum atomic E-state index is -0.331. The number of carbonyl (C=O) groups is 2. The summed E-state index contributed by atoms with van der Waals surface area (Å²) in [6.07, 6.45) is 3.08. The van der Waals surface area contributed by atoms with E-state index in [1.54, 1.807) is 4.90 Å². The first-order chi connectivity index (χ1) is 9.77. The van der Waals surface area contributed by atoms with Crippen LogP contribution in [0, 0.1) is 0 Å². The van der Waals surface area contributed by atoms with Crippen LogP contribution in [0.3, 0.4) is 0 Å². The number of nitrogens with zero attached hydrogens (tertiary/aromatic N) is 4. The molecule has 0 spiro atoms. The van der Waals surface area contributed by atoms with Gasteiger partial charge < -0.3 is 15.1 Å². The van der Waals surface area contributed by atoms with Crippen LogP contribution in [0.2, 0.25) is 0 Å². The van der Waals surface area contributed by atoms with Gasteiger partial charge in [0.1, 0.15) is 6.04 Å². The van der Waals surface area contributed by atoms with E-state index in [0.29, 0.717) is 12.2 Å². The zero-order chi connectivity index (χ0) is 13.9. The van der Waals surface area contributed by atoms with Crippen LogP contribution in [0.1, 0.15) is 23.3 Å². The number of amides is 2. The molecule has 2 aliphatic heterocycles. The van der Waals surface area contributed by atoms with Crippen molar-refractivity contribution in [3.63, 3.8) is 0 Å². The van der Waals surface area contributed by atoms with Crippen molar-refractivity contribution in [3.05, 3.63) is 11.9 Å². The lowest BCUT2D eigenvalue weighted by Gasteiger charge is -2.32. The summed E-state index contributed by atoms with van der Waals surface area (Å²) in [6.45, 7) is 3.70. The van der Waals surface area contributed by atoms with Gasteiger partial charge in [0.05, 0.1) is 17.9 Å². The van der Waals surface area contributed by atoms with Crippen LogP contribution in [-0.4, -0.2) is 69.1 Å². The van der Waals surface area contributed by atoms with Gasteiger partial charge in [-0.1, -0.05) is 0 Å². The van der Waals surface area contributed by atoms with Crippen molar-refractivity contribution >= 4 is 23.5 Å². The average molecular weight is 295 g/mol. The molecule has 20 heavy (non-hydrogen) atoms. The second-order valence-electron chi connectivity index (χ2n) is 5.02. The number of rotatable bonds is 2. The van der Waals surface area contributed by atoms with Gasteiger partial charge in [-0.05, 0) is 12.8 Å². The molecule has 2 fully saturated rings. The standard InChI is InChI=1S/C12H17N5O2S/c18-11(9-8-14-20-15-9)17-5-1-2-10(17)12(19)16-6-3-13-4-7-16/h8,10,13H,1-7H2. The molecule has 0 radical (unpaired) electrons. The van der Waals surface area contributed by atoms with Crippen molar-refractivity contribution in [1.82, 2.24) is 23.9 Å². The molecule has 1 aromatic rings. The van der Waals surface area contributed by atoms with Crippen LogP contribution >= 0.6 is 11.7 Å². The number of hydrogen-bond donors (Lipinski definition) is 1. The Hall–Kier alpha value is -1.54. The molecule has 1 atom stereocenters. The molecule has 3 rings (SSSR count). The third kappa shape index (κ3) is 2.53. The summed E-state index contributed by atoms with van der Waals surface area (Å²) in [4.78, 5) is 28.4. The van der Waals surface area contributed by atoms with Crippen molar-refractivity contribution in [3.8, 4) is 0 Å². The lowest BCUT2D eigenvalue weighted by Crippen LogP contribution is -2.53. The molecule has 2 aliphatic rings. The quantitative estimate of drug-likeness (QED) is 0.801. The summed E-state index contributed by atoms with van der Waals surface area (Å²) in [6, 6.07) is -0.331. The van der Waals surface area contributed by atoms with Gasteiger partial charge in [-0.25, -0.2) is 0 Å². The highest BCUT2D eigenvalue weighted by atomic mass is 32.1. The Kier molecular flexibility index (Phi) is 3.93. The second-order valence-corrected chi connectivity index (χ2v) is 5.58. The first-order valence-electron chi connectivity index (χ1n) is 6.85. The highest BCUT2D eigenvalue weighted by Crippen LogP contribution is 2.21. The van der Waals surface area contributed by atoms with Gasteiger partial charge in [-0.2, -0.15) is 8.75 Å². The molecule has 1 aromatic heterocycles. The Morgan fingerprint density at radius 2 is 2.10 bits per heavy atom. The van der Waals surface area contributed by atoms with Crippen molar-refractivity contribution in [2.45, 2.75) is 18.9 Å². The largest absolute Gasteiger partial charge is 0.338 e. The summed E-state index contributed by atoms with van der Waals surface area (Å²) >= 11 is 1.01. The Morgan fingerprint density at radius 1 is 1.30 bits per heavy atom. The SMILES string of the molecule is O=C(C1CCCN1C(=O)c1cnsn1)N1CCNCC1. The van der Waals surface area contributed by atoms with Crippen LogP contribution in [0.4, 0.5) is 0 Å². The zero-order valence-electron chi connectivity index (χ0n) is 11.1. The minimum Gasteiger partial charge on any atom is -0.338 e. The van der Waals surface area contributed by atoms with Gasteiger partial charge in [0.15, 0.2) is 5.69 Å². The third-order valence-corrected chi connectivity index (χ3v) is 4.29. The van der Waals surface area contributed by atoms with Crippen molar-refractivity contribution < 1.29 is 9.59 Å². The van der Waals surface area contributed by atoms with E-state index in [4.69, 9.17) is 0 Å². The molecule has 2 saturated heterocycles. The smallest absolute Gasteiger partial charge is 0.275 e. The van der Waals surface area contributed by atoms with Gasteiger partial charge in [0.25, 0.3) is 5.91 Å². The Bertz CT molecular complexity index is 486. The topological polar surface area (TPSA) is 78.4 Å². The summed E-state index contributed by atoms with van der Waals surface area (Å²) in [7, 11) is 0. The molecule has 0 aliphatic carbocycles. The first-order valence-corrected chi connectivity index (χ1v) is 7.58. The van der Waals surface area contributed by atoms with Crippen LogP contribution < -0.4 is 5.32 Å². The summed E-state index contributed by atoms with van der Waals surface area (Å²) < 4.78 is 7.83. The molecule has 2 amide bonds. The molecule has 3 heterocycles. The number of nitrogens with one attached hydrogen (secondary N) is 1. The molecular formula is C12H17N5O2S. The fourth-order valence-electron chi connectivity index (χ4n) is 2.77. The molecule has 7 nitrogen and oxygen atoms in total. The average Bonchev–Trinajstić information content (AvgIpc) is 3.18. The van der Waals surface area contributed by atoms with Crippen molar-refractivity contribution in [1.29, 1.82) is 0 Å². The Balaban J connectivity index is 1.71. The van der Waals surface area contributed by atoms with Crippen molar-refractivity contribution in [2.75, 3.05) is 32.7 Å². The van der Waals surface area contributed by atoms with Crippen LogP contribution in [0.25, 0.3) is 0 Å². The molecule has 1 N–H and O–H groups in total. The predicted molar refractivity (Wildman–Crippen MR) is 73.4 cm³/mol. The molecule has 8 heteroatoms. The molecule has 0 bridgehead atoms. The number of hydrogen-bond acceptors (Lipinski definition) is 6. The third-order valence-electron chi connectivity index (χ3n) is 3.81. The first kappa shape index (κ1) is 13.4. The fraction of sp³-hybridized carbons (Fsp3) is 0.667. The number of carbonyl (C=O) groups excluding carboxylic acids is 2. The van der Waals surface area contributed by atoms with Crippen LogP contribution in [0.15, 0.2) is 6.20 Å². The Labute approximate surface area is 121 Å². The van der Waals surface area contributed by atoms with E-state index in [9.17, 15) is 9.59 Å². The molecule has 108 valence electrons. The molecule has 1 unspecified atom stereocenters. The maximum atomic E-state index is 12.6. The van der Waals surface area contributed by atoms with E-state index in [0.717, 1.165) is 50.7 Å². The van der Waals surface area contributed by atoms with E-state index in [1.807, 2.05) is 4.90 Å². The van der Waals surface area contributed by atoms with Crippen LogP contribution in [0.5, 0.6) is 0 Å². The van der Waals surface area contributed by atoms with E-state index in [-0.39, 0.29) is 17.9 Å². The summed E-state index contributed by atoms with van der Waals surface area (Å²) in [5, 5.41) is 3.23. The monoisotopic (exact) mass is 295 g/mol. The fourth-order valence-corrected chi connectivity index (χ4v) is 3.18. The lowest BCUT2D eigenvalue weighted by molar-refractivity contribution is -0.135. The summed E-state index contributed by atoms with van der Waals surface area (Å²) in [5.41, 5.74) is 0.343. The lowest BCUT2D eigenvalue weighted by atomic mass is 10.1. The van der Waals surface area contributed by atoms with E-state index in [2.05, 4.69) is 14.1 Å². The highest BCUT2D eigenvalue weighted by molar-refractivity contribution is 6.99. The van der Waals surface area contributed by atoms with E-state index in [1.165, 1.54) is 6.20 Å². The normalized spacial score (nSPS) is 23.1. The zero-order valence-corrected chi connectivity index (χ0v) is 11.9.